The predicted molar refractivity (Wildman–Crippen MR) is 80.9 cm³/mol. The van der Waals surface area contributed by atoms with Crippen LogP contribution in [0.15, 0.2) is 24.3 Å². The van der Waals surface area contributed by atoms with Crippen molar-refractivity contribution in [2.45, 2.75) is 52.0 Å². The highest BCUT2D eigenvalue weighted by Gasteiger charge is 2.15. The third kappa shape index (κ3) is 5.31. The maximum Gasteiger partial charge on any atom is 0.0484 e. The van der Waals surface area contributed by atoms with Gasteiger partial charge >= 0.3 is 0 Å². The third-order valence-corrected chi connectivity index (χ3v) is 3.28. The van der Waals surface area contributed by atoms with E-state index >= 15 is 0 Å². The minimum Gasteiger partial charge on any atom is -0.381 e. The van der Waals surface area contributed by atoms with Crippen molar-refractivity contribution in [3.8, 4) is 0 Å². The van der Waals surface area contributed by atoms with E-state index in [4.69, 9.17) is 10.6 Å². The first-order chi connectivity index (χ1) is 8.99. The first-order valence-electron chi connectivity index (χ1n) is 7.13. The molecule has 1 aromatic rings. The Balaban J connectivity index is 2.61. The smallest absolute Gasteiger partial charge is 0.0484 e. The molecule has 0 saturated heterocycles. The molecule has 0 radical (unpaired) electrons. The molecule has 0 aromatic heterocycles. The SMILES string of the molecule is CCCOCCC(NN)c1ccc(C(C)(C)C)cc1. The van der Waals surface area contributed by atoms with Gasteiger partial charge in [0, 0.05) is 19.3 Å². The van der Waals surface area contributed by atoms with E-state index in [1.807, 2.05) is 0 Å². The quantitative estimate of drug-likeness (QED) is 0.451. The normalized spacial score (nSPS) is 13.5. The fraction of sp³-hybridized carbons (Fsp3) is 0.625. The number of hydrazine groups is 1. The Morgan fingerprint density at radius 2 is 1.79 bits per heavy atom. The fourth-order valence-electron chi connectivity index (χ4n) is 2.01. The van der Waals surface area contributed by atoms with Gasteiger partial charge in [-0.25, -0.2) is 0 Å². The second kappa shape index (κ2) is 7.63. The van der Waals surface area contributed by atoms with Crippen LogP contribution in [0.25, 0.3) is 0 Å². The van der Waals surface area contributed by atoms with Crippen LogP contribution < -0.4 is 11.3 Å². The number of nitrogens with two attached hydrogens (primary N) is 1. The predicted octanol–water partition coefficient (Wildman–Crippen LogP) is 3.31. The Kier molecular flexibility index (Phi) is 6.49. The van der Waals surface area contributed by atoms with Gasteiger partial charge in [-0.05, 0) is 29.4 Å². The standard InChI is InChI=1S/C16H28N2O/c1-5-11-19-12-10-15(18-17)13-6-8-14(9-7-13)16(2,3)4/h6-9,15,18H,5,10-12,17H2,1-4H3. The van der Waals surface area contributed by atoms with Crippen molar-refractivity contribution >= 4 is 0 Å². The van der Waals surface area contributed by atoms with Gasteiger partial charge in [0.15, 0.2) is 0 Å². The molecule has 0 fully saturated rings. The van der Waals surface area contributed by atoms with Gasteiger partial charge in [0.25, 0.3) is 0 Å². The van der Waals surface area contributed by atoms with E-state index < -0.39 is 0 Å². The van der Waals surface area contributed by atoms with Crippen molar-refractivity contribution in [2.24, 2.45) is 5.84 Å². The van der Waals surface area contributed by atoms with E-state index in [-0.39, 0.29) is 11.5 Å². The van der Waals surface area contributed by atoms with Gasteiger partial charge in [0.2, 0.25) is 0 Å². The molecule has 0 bridgehead atoms. The van der Waals surface area contributed by atoms with Gasteiger partial charge in [-0.15, -0.1) is 0 Å². The van der Waals surface area contributed by atoms with Crippen molar-refractivity contribution in [2.75, 3.05) is 13.2 Å². The maximum atomic E-state index is 5.64. The molecule has 1 rings (SSSR count). The van der Waals surface area contributed by atoms with Gasteiger partial charge in [0.1, 0.15) is 0 Å². The number of ether oxygens (including phenoxy) is 1. The Bertz CT molecular complexity index is 354. The van der Waals surface area contributed by atoms with Gasteiger partial charge in [-0.2, -0.15) is 0 Å². The van der Waals surface area contributed by atoms with Crippen LogP contribution >= 0.6 is 0 Å². The van der Waals surface area contributed by atoms with Crippen LogP contribution in [0, 0.1) is 0 Å². The summed E-state index contributed by atoms with van der Waals surface area (Å²) in [4.78, 5) is 0. The number of hydrogen-bond donors (Lipinski definition) is 2. The second-order valence-electron chi connectivity index (χ2n) is 5.99. The topological polar surface area (TPSA) is 47.3 Å². The van der Waals surface area contributed by atoms with E-state index in [1.165, 1.54) is 11.1 Å². The zero-order valence-corrected chi connectivity index (χ0v) is 12.7. The first kappa shape index (κ1) is 16.2. The molecule has 3 nitrogen and oxygen atoms in total. The molecule has 108 valence electrons. The highest BCUT2D eigenvalue weighted by molar-refractivity contribution is 5.29. The zero-order chi connectivity index (χ0) is 14.3. The summed E-state index contributed by atoms with van der Waals surface area (Å²) in [7, 11) is 0. The number of hydrogen-bond acceptors (Lipinski definition) is 3. The molecule has 3 heteroatoms. The molecule has 0 amide bonds. The third-order valence-electron chi connectivity index (χ3n) is 3.28. The van der Waals surface area contributed by atoms with Crippen LogP contribution in [0.3, 0.4) is 0 Å². The second-order valence-corrected chi connectivity index (χ2v) is 5.99. The van der Waals surface area contributed by atoms with Crippen LogP contribution in [0.5, 0.6) is 0 Å². The lowest BCUT2D eigenvalue weighted by Gasteiger charge is -2.21. The Labute approximate surface area is 117 Å². The molecular formula is C16H28N2O. The molecule has 0 aliphatic carbocycles. The summed E-state index contributed by atoms with van der Waals surface area (Å²) in [6.45, 7) is 10.3. The molecule has 0 aliphatic heterocycles. The molecule has 19 heavy (non-hydrogen) atoms. The van der Waals surface area contributed by atoms with Crippen LogP contribution in [-0.4, -0.2) is 13.2 Å². The van der Waals surface area contributed by atoms with Crippen molar-refractivity contribution in [1.82, 2.24) is 5.43 Å². The number of rotatable bonds is 7. The lowest BCUT2D eigenvalue weighted by molar-refractivity contribution is 0.124. The monoisotopic (exact) mass is 264 g/mol. The summed E-state index contributed by atoms with van der Waals surface area (Å²) in [6, 6.07) is 8.85. The van der Waals surface area contributed by atoms with Gasteiger partial charge in [0.05, 0.1) is 0 Å². The van der Waals surface area contributed by atoms with Gasteiger partial charge in [-0.3, -0.25) is 11.3 Å². The molecule has 0 heterocycles. The summed E-state index contributed by atoms with van der Waals surface area (Å²) in [5.41, 5.74) is 5.62. The first-order valence-corrected chi connectivity index (χ1v) is 7.13. The molecule has 0 aliphatic rings. The summed E-state index contributed by atoms with van der Waals surface area (Å²) in [5.74, 6) is 5.64. The Hall–Kier alpha value is -0.900. The van der Waals surface area contributed by atoms with E-state index in [0.717, 1.165) is 26.1 Å². The van der Waals surface area contributed by atoms with Crippen molar-refractivity contribution in [3.63, 3.8) is 0 Å². The molecule has 1 atom stereocenters. The van der Waals surface area contributed by atoms with E-state index in [9.17, 15) is 0 Å². The minimum absolute atomic E-state index is 0.158. The highest BCUT2D eigenvalue weighted by atomic mass is 16.5. The summed E-state index contributed by atoms with van der Waals surface area (Å²) in [6.07, 6.45) is 1.95. The van der Waals surface area contributed by atoms with Crippen molar-refractivity contribution in [1.29, 1.82) is 0 Å². The number of benzene rings is 1. The Morgan fingerprint density at radius 3 is 2.26 bits per heavy atom. The van der Waals surface area contributed by atoms with Gasteiger partial charge in [-0.1, -0.05) is 52.0 Å². The highest BCUT2D eigenvalue weighted by Crippen LogP contribution is 2.24. The average Bonchev–Trinajstić information content (AvgIpc) is 2.38. The van der Waals surface area contributed by atoms with E-state index in [0.29, 0.717) is 0 Å². The van der Waals surface area contributed by atoms with Crippen molar-refractivity contribution in [3.05, 3.63) is 35.4 Å². The minimum atomic E-state index is 0.158. The molecule has 1 aromatic carbocycles. The van der Waals surface area contributed by atoms with Crippen LogP contribution in [-0.2, 0) is 10.2 Å². The van der Waals surface area contributed by atoms with Crippen LogP contribution in [0.4, 0.5) is 0 Å². The zero-order valence-electron chi connectivity index (χ0n) is 12.7. The molecular weight excluding hydrogens is 236 g/mol. The fourth-order valence-corrected chi connectivity index (χ4v) is 2.01. The summed E-state index contributed by atoms with van der Waals surface area (Å²) >= 11 is 0. The van der Waals surface area contributed by atoms with Crippen LogP contribution in [0.2, 0.25) is 0 Å². The number of nitrogens with one attached hydrogen (secondary N) is 1. The lowest BCUT2D eigenvalue weighted by atomic mass is 9.86. The summed E-state index contributed by atoms with van der Waals surface area (Å²) in [5, 5.41) is 0. The molecule has 0 spiro atoms. The lowest BCUT2D eigenvalue weighted by Crippen LogP contribution is -2.29. The Morgan fingerprint density at radius 1 is 1.16 bits per heavy atom. The van der Waals surface area contributed by atoms with Crippen LogP contribution in [0.1, 0.15) is 57.7 Å². The average molecular weight is 264 g/mol. The molecule has 3 N–H and O–H groups in total. The van der Waals surface area contributed by atoms with Crippen molar-refractivity contribution < 1.29 is 4.74 Å². The largest absolute Gasteiger partial charge is 0.381 e. The van der Waals surface area contributed by atoms with Gasteiger partial charge < -0.3 is 4.74 Å². The molecule has 0 saturated carbocycles. The molecule has 1 unspecified atom stereocenters. The maximum absolute atomic E-state index is 5.64. The summed E-state index contributed by atoms with van der Waals surface area (Å²) < 4.78 is 5.52. The van der Waals surface area contributed by atoms with E-state index in [1.54, 1.807) is 0 Å². The van der Waals surface area contributed by atoms with E-state index in [2.05, 4.69) is 57.4 Å².